The van der Waals surface area contributed by atoms with Gasteiger partial charge in [-0.1, -0.05) is 51.1 Å². The minimum atomic E-state index is -0.520. The zero-order valence-corrected chi connectivity index (χ0v) is 11.1. The average Bonchev–Trinajstić information content (AvgIpc) is 2.34. The predicted octanol–water partition coefficient (Wildman–Crippen LogP) is 3.56. The summed E-state index contributed by atoms with van der Waals surface area (Å²) in [5, 5.41) is 10.2. The molecular formula is C15H24O2. The highest BCUT2D eigenvalue weighted by Crippen LogP contribution is 2.21. The molecule has 2 unspecified atom stereocenters. The Morgan fingerprint density at radius 1 is 1.18 bits per heavy atom. The maximum Gasteiger partial charge on any atom is 0.105 e. The first-order valence-electron chi connectivity index (χ1n) is 6.49. The maximum absolute atomic E-state index is 10.2. The maximum atomic E-state index is 10.2. The van der Waals surface area contributed by atoms with Gasteiger partial charge < -0.3 is 9.84 Å². The quantitative estimate of drug-likeness (QED) is 0.784. The molecule has 2 heteroatoms. The molecule has 0 amide bonds. The zero-order chi connectivity index (χ0) is 12.7. The molecule has 0 heterocycles. The zero-order valence-electron chi connectivity index (χ0n) is 11.1. The Morgan fingerprint density at radius 2 is 1.82 bits per heavy atom. The van der Waals surface area contributed by atoms with Gasteiger partial charge in [-0.3, -0.25) is 0 Å². The largest absolute Gasteiger partial charge is 0.386 e. The fraction of sp³-hybridized carbons (Fsp3) is 0.600. The van der Waals surface area contributed by atoms with Crippen molar-refractivity contribution in [1.82, 2.24) is 0 Å². The smallest absolute Gasteiger partial charge is 0.105 e. The summed E-state index contributed by atoms with van der Waals surface area (Å²) in [6.45, 7) is 7.13. The first-order valence-corrected chi connectivity index (χ1v) is 6.49. The number of aliphatic hydroxyl groups excluding tert-OH is 1. The molecule has 0 saturated heterocycles. The summed E-state index contributed by atoms with van der Waals surface area (Å²) in [6.07, 6.45) is 1.25. The second-order valence-corrected chi connectivity index (χ2v) is 4.86. The van der Waals surface area contributed by atoms with Gasteiger partial charge in [0.2, 0.25) is 0 Å². The van der Waals surface area contributed by atoms with Crippen LogP contribution in [-0.4, -0.2) is 17.8 Å². The molecule has 96 valence electrons. The van der Waals surface area contributed by atoms with Gasteiger partial charge in [0.25, 0.3) is 0 Å². The molecule has 1 aromatic rings. The van der Waals surface area contributed by atoms with Gasteiger partial charge in [-0.15, -0.1) is 0 Å². The molecule has 0 spiro atoms. The lowest BCUT2D eigenvalue weighted by Crippen LogP contribution is -2.22. The second-order valence-electron chi connectivity index (χ2n) is 4.86. The van der Waals surface area contributed by atoms with E-state index < -0.39 is 6.10 Å². The number of rotatable bonds is 7. The highest BCUT2D eigenvalue weighted by atomic mass is 16.5. The highest BCUT2D eigenvalue weighted by Gasteiger charge is 2.19. The van der Waals surface area contributed by atoms with Crippen LogP contribution in [0.5, 0.6) is 0 Å². The molecule has 0 aliphatic carbocycles. The Balaban J connectivity index is 2.49. The number of ether oxygens (including phenoxy) is 1. The van der Waals surface area contributed by atoms with Crippen LogP contribution in [0.15, 0.2) is 30.3 Å². The van der Waals surface area contributed by atoms with E-state index in [1.54, 1.807) is 0 Å². The molecule has 1 N–H and O–H groups in total. The van der Waals surface area contributed by atoms with Crippen LogP contribution in [0.3, 0.4) is 0 Å². The lowest BCUT2D eigenvalue weighted by Gasteiger charge is -2.23. The second kappa shape index (κ2) is 7.46. The predicted molar refractivity (Wildman–Crippen MR) is 70.9 cm³/mol. The van der Waals surface area contributed by atoms with E-state index >= 15 is 0 Å². The van der Waals surface area contributed by atoms with Crippen LogP contribution in [-0.2, 0) is 4.74 Å². The summed E-state index contributed by atoms with van der Waals surface area (Å²) >= 11 is 0. The normalized spacial score (nSPS) is 14.9. The molecule has 0 aliphatic rings. The molecule has 1 rings (SSSR count). The van der Waals surface area contributed by atoms with Crippen LogP contribution in [0.4, 0.5) is 0 Å². The Morgan fingerprint density at radius 3 is 2.35 bits per heavy atom. The lowest BCUT2D eigenvalue weighted by atomic mass is 10.0. The van der Waals surface area contributed by atoms with Crippen molar-refractivity contribution in [2.45, 2.75) is 45.8 Å². The number of hydrogen-bond donors (Lipinski definition) is 1. The summed E-state index contributed by atoms with van der Waals surface area (Å²) in [7, 11) is 0. The molecule has 1 aromatic carbocycles. The van der Waals surface area contributed by atoms with Crippen molar-refractivity contribution in [2.24, 2.45) is 5.92 Å². The summed E-state index contributed by atoms with van der Waals surface area (Å²) < 4.78 is 5.77. The van der Waals surface area contributed by atoms with Gasteiger partial charge >= 0.3 is 0 Å². The third-order valence-corrected chi connectivity index (χ3v) is 2.92. The summed E-state index contributed by atoms with van der Waals surface area (Å²) in [5.41, 5.74) is 0.934. The molecule has 2 atom stereocenters. The standard InChI is InChI=1S/C15H24O2/c1-4-14(17-11-10-12(2)3)15(16)13-8-6-5-7-9-13/h5-9,12,14-16H,4,10-11H2,1-3H3. The molecule has 17 heavy (non-hydrogen) atoms. The first-order chi connectivity index (χ1) is 8.15. The molecular weight excluding hydrogens is 212 g/mol. The van der Waals surface area contributed by atoms with Gasteiger partial charge in [0, 0.05) is 6.61 Å². The summed E-state index contributed by atoms with van der Waals surface area (Å²) in [4.78, 5) is 0. The molecule has 0 bridgehead atoms. The first kappa shape index (κ1) is 14.2. The van der Waals surface area contributed by atoms with Gasteiger partial charge in [-0.05, 0) is 24.3 Å². The van der Waals surface area contributed by atoms with E-state index in [0.717, 1.165) is 25.0 Å². The Bertz CT molecular complexity index is 295. The molecule has 0 aliphatic heterocycles. The summed E-state index contributed by atoms with van der Waals surface area (Å²) in [5.74, 6) is 0.640. The van der Waals surface area contributed by atoms with Gasteiger partial charge in [0.1, 0.15) is 6.10 Å². The van der Waals surface area contributed by atoms with E-state index in [0.29, 0.717) is 5.92 Å². The van der Waals surface area contributed by atoms with Gasteiger partial charge in [0.15, 0.2) is 0 Å². The van der Waals surface area contributed by atoms with E-state index in [2.05, 4.69) is 13.8 Å². The van der Waals surface area contributed by atoms with Crippen molar-refractivity contribution in [3.05, 3.63) is 35.9 Å². The third kappa shape index (κ3) is 4.88. The van der Waals surface area contributed by atoms with Crippen molar-refractivity contribution < 1.29 is 9.84 Å². The number of aliphatic hydroxyl groups is 1. The molecule has 0 fully saturated rings. The van der Waals surface area contributed by atoms with E-state index in [1.165, 1.54) is 0 Å². The van der Waals surface area contributed by atoms with Crippen LogP contribution in [0.2, 0.25) is 0 Å². The topological polar surface area (TPSA) is 29.5 Å². The summed E-state index contributed by atoms with van der Waals surface area (Å²) in [6, 6.07) is 9.73. The van der Waals surface area contributed by atoms with Crippen LogP contribution in [0, 0.1) is 5.92 Å². The SMILES string of the molecule is CCC(OCCC(C)C)C(O)c1ccccc1. The molecule has 0 saturated carbocycles. The average molecular weight is 236 g/mol. The van der Waals surface area contributed by atoms with Gasteiger partial charge in [-0.2, -0.15) is 0 Å². The fourth-order valence-corrected chi connectivity index (χ4v) is 1.75. The van der Waals surface area contributed by atoms with Crippen LogP contribution < -0.4 is 0 Å². The minimum Gasteiger partial charge on any atom is -0.386 e. The van der Waals surface area contributed by atoms with Crippen LogP contribution >= 0.6 is 0 Å². The van der Waals surface area contributed by atoms with E-state index in [-0.39, 0.29) is 6.10 Å². The Labute approximate surface area is 105 Å². The number of hydrogen-bond acceptors (Lipinski definition) is 2. The van der Waals surface area contributed by atoms with Crippen molar-refractivity contribution in [3.63, 3.8) is 0 Å². The van der Waals surface area contributed by atoms with E-state index in [4.69, 9.17) is 4.74 Å². The Hall–Kier alpha value is -0.860. The lowest BCUT2D eigenvalue weighted by molar-refractivity contribution is -0.0434. The van der Waals surface area contributed by atoms with Gasteiger partial charge in [0.05, 0.1) is 6.10 Å². The molecule has 0 aromatic heterocycles. The minimum absolute atomic E-state index is 0.101. The van der Waals surface area contributed by atoms with Crippen LogP contribution in [0.1, 0.15) is 45.3 Å². The molecule has 0 radical (unpaired) electrons. The monoisotopic (exact) mass is 236 g/mol. The Kier molecular flexibility index (Phi) is 6.23. The number of benzene rings is 1. The van der Waals surface area contributed by atoms with E-state index in [1.807, 2.05) is 37.3 Å². The van der Waals surface area contributed by atoms with Crippen molar-refractivity contribution in [3.8, 4) is 0 Å². The third-order valence-electron chi connectivity index (χ3n) is 2.92. The van der Waals surface area contributed by atoms with Crippen molar-refractivity contribution in [2.75, 3.05) is 6.61 Å². The van der Waals surface area contributed by atoms with Crippen molar-refractivity contribution >= 4 is 0 Å². The van der Waals surface area contributed by atoms with Crippen LogP contribution in [0.25, 0.3) is 0 Å². The van der Waals surface area contributed by atoms with Crippen molar-refractivity contribution in [1.29, 1.82) is 0 Å². The highest BCUT2D eigenvalue weighted by molar-refractivity contribution is 5.18. The fourth-order valence-electron chi connectivity index (χ4n) is 1.75. The van der Waals surface area contributed by atoms with Gasteiger partial charge in [-0.25, -0.2) is 0 Å². The van der Waals surface area contributed by atoms with E-state index in [9.17, 15) is 5.11 Å². The molecule has 2 nitrogen and oxygen atoms in total.